The highest BCUT2D eigenvalue weighted by atomic mass is 32.1. The first-order valence-corrected chi connectivity index (χ1v) is 8.35. The van der Waals surface area contributed by atoms with Crippen molar-refractivity contribution in [1.82, 2.24) is 15.1 Å². The summed E-state index contributed by atoms with van der Waals surface area (Å²) in [7, 11) is 1.70. The van der Waals surface area contributed by atoms with Gasteiger partial charge in [0.1, 0.15) is 10.8 Å². The second-order valence-electron chi connectivity index (χ2n) is 5.47. The summed E-state index contributed by atoms with van der Waals surface area (Å²) in [6, 6.07) is 11.5. The molecule has 0 aliphatic heterocycles. The lowest BCUT2D eigenvalue weighted by atomic mass is 10.1. The van der Waals surface area contributed by atoms with E-state index < -0.39 is 0 Å². The standard InChI is InChI=1S/C17H18N4O2S/c1-12-6-3-4-7-13(12)10-15-19-20-16(24-15)18-17(22)21(2)11-14-8-5-9-23-14/h3-9H,10-11H2,1-2H3,(H,18,20,22). The van der Waals surface area contributed by atoms with E-state index in [4.69, 9.17) is 4.42 Å². The van der Waals surface area contributed by atoms with Gasteiger partial charge in [-0.3, -0.25) is 5.32 Å². The molecule has 3 aromatic rings. The Morgan fingerprint density at radius 2 is 2.08 bits per heavy atom. The molecule has 1 N–H and O–H groups in total. The number of aromatic nitrogens is 2. The number of carbonyl (C=O) groups excluding carboxylic acids is 1. The molecular formula is C17H18N4O2S. The summed E-state index contributed by atoms with van der Waals surface area (Å²) in [5.41, 5.74) is 2.43. The summed E-state index contributed by atoms with van der Waals surface area (Å²) in [4.78, 5) is 13.7. The highest BCUT2D eigenvalue weighted by Crippen LogP contribution is 2.20. The first-order valence-electron chi connectivity index (χ1n) is 7.53. The molecule has 0 unspecified atom stereocenters. The molecule has 3 rings (SSSR count). The third-order valence-electron chi connectivity index (χ3n) is 3.60. The fraction of sp³-hybridized carbons (Fsp3) is 0.235. The predicted octanol–water partition coefficient (Wildman–Crippen LogP) is 3.69. The van der Waals surface area contributed by atoms with Gasteiger partial charge in [0.25, 0.3) is 0 Å². The van der Waals surface area contributed by atoms with Crippen LogP contribution in [0.3, 0.4) is 0 Å². The van der Waals surface area contributed by atoms with Gasteiger partial charge in [-0.1, -0.05) is 35.6 Å². The minimum atomic E-state index is -0.245. The number of hydrogen-bond acceptors (Lipinski definition) is 5. The molecule has 0 bridgehead atoms. The number of nitrogens with zero attached hydrogens (tertiary/aromatic N) is 3. The Balaban J connectivity index is 1.59. The van der Waals surface area contributed by atoms with Crippen molar-refractivity contribution in [3.05, 3.63) is 64.6 Å². The molecule has 0 saturated heterocycles. The number of rotatable bonds is 5. The smallest absolute Gasteiger partial charge is 0.323 e. The summed E-state index contributed by atoms with van der Waals surface area (Å²) < 4.78 is 5.24. The van der Waals surface area contributed by atoms with Crippen molar-refractivity contribution >= 4 is 22.5 Å². The molecule has 7 heteroatoms. The number of urea groups is 1. The lowest BCUT2D eigenvalue weighted by molar-refractivity contribution is 0.216. The molecule has 0 aliphatic rings. The Kier molecular flexibility index (Phi) is 4.90. The number of carbonyl (C=O) groups is 1. The van der Waals surface area contributed by atoms with Crippen LogP contribution in [0.2, 0.25) is 0 Å². The predicted molar refractivity (Wildman–Crippen MR) is 93.1 cm³/mol. The number of anilines is 1. The zero-order valence-electron chi connectivity index (χ0n) is 13.5. The molecule has 1 aromatic carbocycles. The second-order valence-corrected chi connectivity index (χ2v) is 6.53. The summed E-state index contributed by atoms with van der Waals surface area (Å²) >= 11 is 1.39. The van der Waals surface area contributed by atoms with Gasteiger partial charge in [0.2, 0.25) is 5.13 Å². The Hall–Kier alpha value is -2.67. The van der Waals surface area contributed by atoms with Crippen LogP contribution in [0.25, 0.3) is 0 Å². The van der Waals surface area contributed by atoms with E-state index in [-0.39, 0.29) is 6.03 Å². The van der Waals surface area contributed by atoms with Crippen molar-refractivity contribution in [1.29, 1.82) is 0 Å². The van der Waals surface area contributed by atoms with Crippen LogP contribution in [-0.4, -0.2) is 28.2 Å². The van der Waals surface area contributed by atoms with Crippen LogP contribution >= 0.6 is 11.3 Å². The van der Waals surface area contributed by atoms with E-state index in [1.807, 2.05) is 18.2 Å². The fourth-order valence-electron chi connectivity index (χ4n) is 2.24. The highest BCUT2D eigenvalue weighted by molar-refractivity contribution is 7.15. The molecule has 2 heterocycles. The minimum Gasteiger partial charge on any atom is -0.467 e. The number of hydrogen-bond donors (Lipinski definition) is 1. The third kappa shape index (κ3) is 3.99. The van der Waals surface area contributed by atoms with Gasteiger partial charge in [-0.05, 0) is 30.2 Å². The van der Waals surface area contributed by atoms with Gasteiger partial charge in [0.05, 0.1) is 12.8 Å². The zero-order chi connectivity index (χ0) is 16.9. The van der Waals surface area contributed by atoms with Crippen LogP contribution in [0.1, 0.15) is 21.9 Å². The number of furan rings is 1. The quantitative estimate of drug-likeness (QED) is 0.767. The van der Waals surface area contributed by atoms with Crippen molar-refractivity contribution in [2.45, 2.75) is 19.9 Å². The lowest BCUT2D eigenvalue weighted by Crippen LogP contribution is -2.30. The van der Waals surface area contributed by atoms with Crippen LogP contribution in [-0.2, 0) is 13.0 Å². The van der Waals surface area contributed by atoms with Crippen LogP contribution in [0, 0.1) is 6.92 Å². The summed E-state index contributed by atoms with van der Waals surface area (Å²) in [6.07, 6.45) is 2.30. The average Bonchev–Trinajstić information content (AvgIpc) is 3.22. The van der Waals surface area contributed by atoms with E-state index in [0.29, 0.717) is 18.1 Å². The lowest BCUT2D eigenvalue weighted by Gasteiger charge is -2.14. The van der Waals surface area contributed by atoms with Crippen LogP contribution in [0.5, 0.6) is 0 Å². The number of nitrogens with one attached hydrogen (secondary N) is 1. The minimum absolute atomic E-state index is 0.245. The SMILES string of the molecule is Cc1ccccc1Cc1nnc(NC(=O)N(C)Cc2ccco2)s1. The van der Waals surface area contributed by atoms with Gasteiger partial charge in [-0.2, -0.15) is 0 Å². The van der Waals surface area contributed by atoms with Crippen LogP contribution in [0.4, 0.5) is 9.93 Å². The number of benzene rings is 1. The molecule has 2 amide bonds. The average molecular weight is 342 g/mol. The molecule has 124 valence electrons. The number of amides is 2. The molecular weight excluding hydrogens is 324 g/mol. The summed E-state index contributed by atoms with van der Waals surface area (Å²) in [5, 5.41) is 12.3. The van der Waals surface area contributed by atoms with Crippen molar-refractivity contribution in [2.24, 2.45) is 0 Å². The third-order valence-corrected chi connectivity index (χ3v) is 4.44. The zero-order valence-corrected chi connectivity index (χ0v) is 14.3. The van der Waals surface area contributed by atoms with E-state index >= 15 is 0 Å². The van der Waals surface area contributed by atoms with Crippen molar-refractivity contribution in [3.8, 4) is 0 Å². The topological polar surface area (TPSA) is 71.3 Å². The Bertz CT molecular complexity index is 814. The molecule has 0 radical (unpaired) electrons. The maximum Gasteiger partial charge on any atom is 0.323 e. The van der Waals surface area contributed by atoms with Gasteiger partial charge >= 0.3 is 6.03 Å². The maximum atomic E-state index is 12.2. The summed E-state index contributed by atoms with van der Waals surface area (Å²) in [5.74, 6) is 0.727. The first-order chi connectivity index (χ1) is 11.6. The van der Waals surface area contributed by atoms with Gasteiger partial charge in [-0.25, -0.2) is 4.79 Å². The normalized spacial score (nSPS) is 10.6. The summed E-state index contributed by atoms with van der Waals surface area (Å²) in [6.45, 7) is 2.47. The Morgan fingerprint density at radius 1 is 1.25 bits per heavy atom. The first kappa shape index (κ1) is 16.2. The van der Waals surface area contributed by atoms with E-state index in [1.165, 1.54) is 27.4 Å². The van der Waals surface area contributed by atoms with Gasteiger partial charge in [0.15, 0.2) is 0 Å². The van der Waals surface area contributed by atoms with E-state index in [1.54, 1.807) is 19.4 Å². The highest BCUT2D eigenvalue weighted by Gasteiger charge is 2.14. The molecule has 2 aromatic heterocycles. The Labute approximate surface area is 144 Å². The van der Waals surface area contributed by atoms with Crippen molar-refractivity contribution in [2.75, 3.05) is 12.4 Å². The Morgan fingerprint density at radius 3 is 2.83 bits per heavy atom. The molecule has 0 atom stereocenters. The van der Waals surface area contributed by atoms with Crippen molar-refractivity contribution < 1.29 is 9.21 Å². The molecule has 0 spiro atoms. The molecule has 0 aliphatic carbocycles. The van der Waals surface area contributed by atoms with Gasteiger partial charge in [-0.15, -0.1) is 10.2 Å². The number of aryl methyl sites for hydroxylation is 1. The monoisotopic (exact) mass is 342 g/mol. The molecule has 24 heavy (non-hydrogen) atoms. The second kappa shape index (κ2) is 7.27. The van der Waals surface area contributed by atoms with Gasteiger partial charge in [0, 0.05) is 13.5 Å². The molecule has 0 fully saturated rings. The molecule has 6 nitrogen and oxygen atoms in total. The molecule has 0 saturated carbocycles. The largest absolute Gasteiger partial charge is 0.467 e. The van der Waals surface area contributed by atoms with Gasteiger partial charge < -0.3 is 9.32 Å². The maximum absolute atomic E-state index is 12.2. The van der Waals surface area contributed by atoms with Crippen molar-refractivity contribution in [3.63, 3.8) is 0 Å². The van der Waals surface area contributed by atoms with E-state index in [9.17, 15) is 4.79 Å². The fourth-order valence-corrected chi connectivity index (χ4v) is 2.99. The van der Waals surface area contributed by atoms with E-state index in [2.05, 4.69) is 34.6 Å². The van der Waals surface area contributed by atoms with E-state index in [0.717, 1.165) is 10.8 Å². The van der Waals surface area contributed by atoms with Crippen LogP contribution < -0.4 is 5.32 Å². The van der Waals surface area contributed by atoms with Crippen LogP contribution in [0.15, 0.2) is 47.1 Å².